The van der Waals surface area contributed by atoms with Gasteiger partial charge in [-0.25, -0.2) is 4.98 Å². The Labute approximate surface area is 154 Å². The maximum Gasteiger partial charge on any atom is 0.199 e. The Morgan fingerprint density at radius 2 is 2.04 bits per heavy atom. The first kappa shape index (κ1) is 16.2. The van der Waals surface area contributed by atoms with Crippen molar-refractivity contribution in [1.29, 1.82) is 5.41 Å². The average molecular weight is 363 g/mol. The molecule has 6 nitrogen and oxygen atoms in total. The predicted octanol–water partition coefficient (Wildman–Crippen LogP) is 4.23. The number of thiazole rings is 1. The lowest BCUT2D eigenvalue weighted by molar-refractivity contribution is 0.310. The molecule has 0 saturated carbocycles. The summed E-state index contributed by atoms with van der Waals surface area (Å²) in [5, 5.41) is 11.4. The molecule has 0 amide bonds. The molecule has 26 heavy (non-hydrogen) atoms. The van der Waals surface area contributed by atoms with Gasteiger partial charge >= 0.3 is 0 Å². The lowest BCUT2D eigenvalue weighted by Crippen LogP contribution is -2.32. The van der Waals surface area contributed by atoms with Crippen LogP contribution in [0.5, 0.6) is 5.75 Å². The summed E-state index contributed by atoms with van der Waals surface area (Å²) in [6.07, 6.45) is 3.51. The largest absolute Gasteiger partial charge is 0.488 e. The smallest absolute Gasteiger partial charge is 0.199 e. The van der Waals surface area contributed by atoms with Gasteiger partial charge in [-0.05, 0) is 17.7 Å². The van der Waals surface area contributed by atoms with Gasteiger partial charge in [-0.3, -0.25) is 10.3 Å². The van der Waals surface area contributed by atoms with Crippen LogP contribution >= 0.6 is 11.3 Å². The third-order valence-electron chi connectivity index (χ3n) is 3.98. The van der Waals surface area contributed by atoms with Gasteiger partial charge in [0.2, 0.25) is 0 Å². The number of nitrogens with zero attached hydrogens (tertiary/aromatic N) is 2. The van der Waals surface area contributed by atoms with Crippen LogP contribution in [0.4, 0.5) is 10.8 Å². The van der Waals surface area contributed by atoms with E-state index in [1.807, 2.05) is 60.1 Å². The molecule has 2 aromatic carbocycles. The zero-order valence-corrected chi connectivity index (χ0v) is 14.7. The second kappa shape index (κ2) is 6.89. The molecule has 0 aliphatic carbocycles. The Morgan fingerprint density at radius 3 is 2.77 bits per heavy atom. The molecule has 0 aliphatic heterocycles. The molecule has 0 unspecified atom stereocenters. The lowest BCUT2D eigenvalue weighted by Gasteiger charge is -2.19. The van der Waals surface area contributed by atoms with E-state index in [1.165, 1.54) is 11.3 Å². The summed E-state index contributed by atoms with van der Waals surface area (Å²) in [5.74, 6) is 0.629. The van der Waals surface area contributed by atoms with Gasteiger partial charge in [-0.1, -0.05) is 36.4 Å². The summed E-state index contributed by atoms with van der Waals surface area (Å²) in [6.45, 7) is 0.460. The highest BCUT2D eigenvalue weighted by Crippen LogP contribution is 2.38. The molecule has 2 aromatic heterocycles. The quantitative estimate of drug-likeness (QED) is 0.365. The van der Waals surface area contributed by atoms with Gasteiger partial charge in [-0.15, -0.1) is 11.3 Å². The number of hydrogen-bond donors (Lipinski definition) is 3. The highest BCUT2D eigenvalue weighted by atomic mass is 32.1. The number of aromatic amines is 1. The number of nitrogens with two attached hydrogens (primary N) is 1. The van der Waals surface area contributed by atoms with E-state index in [2.05, 4.69) is 9.97 Å². The summed E-state index contributed by atoms with van der Waals surface area (Å²) < 4.78 is 6.08. The third kappa shape index (κ3) is 3.00. The van der Waals surface area contributed by atoms with Gasteiger partial charge in [0, 0.05) is 17.8 Å². The van der Waals surface area contributed by atoms with E-state index in [0.29, 0.717) is 11.7 Å². The topological polar surface area (TPSA) is 91.0 Å². The fraction of sp³-hybridized carbons (Fsp3) is 0.0526. The van der Waals surface area contributed by atoms with Crippen LogP contribution in [-0.4, -0.2) is 15.9 Å². The molecule has 0 bridgehead atoms. The van der Waals surface area contributed by atoms with Crippen molar-refractivity contribution in [1.82, 2.24) is 9.97 Å². The molecule has 4 rings (SSSR count). The van der Waals surface area contributed by atoms with Crippen molar-refractivity contribution in [3.05, 3.63) is 71.9 Å². The second-order valence-electron chi connectivity index (χ2n) is 5.66. The predicted molar refractivity (Wildman–Crippen MR) is 105 cm³/mol. The average Bonchev–Trinajstić information content (AvgIpc) is 3.32. The maximum absolute atomic E-state index is 8.00. The summed E-state index contributed by atoms with van der Waals surface area (Å²) in [7, 11) is 0. The van der Waals surface area contributed by atoms with Gasteiger partial charge < -0.3 is 15.5 Å². The van der Waals surface area contributed by atoms with Gasteiger partial charge in [0.05, 0.1) is 16.6 Å². The summed E-state index contributed by atoms with van der Waals surface area (Å²) in [5.41, 5.74) is 8.59. The van der Waals surface area contributed by atoms with E-state index in [1.54, 1.807) is 11.1 Å². The SMILES string of the molecule is N=C(N)N(c1nccs1)c1c[nH]c2cccc(OCc3ccccc3)c12. The van der Waals surface area contributed by atoms with E-state index < -0.39 is 0 Å². The molecule has 0 aliphatic rings. The molecular formula is C19H17N5OS. The maximum atomic E-state index is 8.00. The lowest BCUT2D eigenvalue weighted by atomic mass is 10.2. The third-order valence-corrected chi connectivity index (χ3v) is 4.73. The summed E-state index contributed by atoms with van der Waals surface area (Å²) >= 11 is 1.42. The molecule has 0 saturated heterocycles. The minimum Gasteiger partial charge on any atom is -0.488 e. The number of nitrogens with one attached hydrogen (secondary N) is 2. The van der Waals surface area contributed by atoms with Crippen molar-refractivity contribution in [2.45, 2.75) is 6.61 Å². The van der Waals surface area contributed by atoms with Crippen LogP contribution in [-0.2, 0) is 6.61 Å². The van der Waals surface area contributed by atoms with Gasteiger partial charge in [-0.2, -0.15) is 0 Å². The Bertz CT molecular complexity index is 1030. The molecule has 130 valence electrons. The van der Waals surface area contributed by atoms with Crippen molar-refractivity contribution in [2.75, 3.05) is 4.90 Å². The minimum absolute atomic E-state index is 0.0984. The molecule has 0 fully saturated rings. The van der Waals surface area contributed by atoms with E-state index >= 15 is 0 Å². The Morgan fingerprint density at radius 1 is 1.19 bits per heavy atom. The van der Waals surface area contributed by atoms with E-state index in [0.717, 1.165) is 27.9 Å². The van der Waals surface area contributed by atoms with Crippen LogP contribution in [0, 0.1) is 5.41 Å². The molecule has 2 heterocycles. The van der Waals surface area contributed by atoms with Crippen LogP contribution in [0.1, 0.15) is 5.56 Å². The number of fused-ring (bicyclic) bond motifs is 1. The van der Waals surface area contributed by atoms with Crippen molar-refractivity contribution in [3.8, 4) is 5.75 Å². The molecule has 4 N–H and O–H groups in total. The zero-order valence-electron chi connectivity index (χ0n) is 13.8. The fourth-order valence-corrected chi connectivity index (χ4v) is 3.50. The van der Waals surface area contributed by atoms with Crippen LogP contribution in [0.3, 0.4) is 0 Å². The Balaban J connectivity index is 1.75. The fourth-order valence-electron chi connectivity index (χ4n) is 2.83. The van der Waals surface area contributed by atoms with Crippen molar-refractivity contribution in [3.63, 3.8) is 0 Å². The number of guanidine groups is 1. The number of H-pyrrole nitrogens is 1. The van der Waals surface area contributed by atoms with Crippen molar-refractivity contribution in [2.24, 2.45) is 5.73 Å². The van der Waals surface area contributed by atoms with Crippen LogP contribution in [0.25, 0.3) is 10.9 Å². The summed E-state index contributed by atoms with van der Waals surface area (Å²) in [6, 6.07) is 15.8. The number of anilines is 2. The van der Waals surface area contributed by atoms with Crippen LogP contribution < -0.4 is 15.4 Å². The summed E-state index contributed by atoms with van der Waals surface area (Å²) in [4.78, 5) is 9.13. The Kier molecular flexibility index (Phi) is 4.28. The number of benzene rings is 2. The van der Waals surface area contributed by atoms with Crippen LogP contribution in [0.2, 0.25) is 0 Å². The molecular weight excluding hydrogens is 346 g/mol. The number of rotatable bonds is 5. The molecule has 4 aromatic rings. The number of aromatic nitrogens is 2. The first-order valence-corrected chi connectivity index (χ1v) is 8.92. The van der Waals surface area contributed by atoms with Crippen LogP contribution in [0.15, 0.2) is 66.3 Å². The van der Waals surface area contributed by atoms with Crippen molar-refractivity contribution < 1.29 is 4.74 Å². The minimum atomic E-state index is -0.0984. The molecule has 7 heteroatoms. The first-order chi connectivity index (χ1) is 12.7. The van der Waals surface area contributed by atoms with Gasteiger partial charge in [0.15, 0.2) is 11.1 Å². The molecule has 0 radical (unpaired) electrons. The van der Waals surface area contributed by atoms with E-state index in [4.69, 9.17) is 15.9 Å². The van der Waals surface area contributed by atoms with Gasteiger partial charge in [0.1, 0.15) is 12.4 Å². The van der Waals surface area contributed by atoms with E-state index in [9.17, 15) is 0 Å². The van der Waals surface area contributed by atoms with Gasteiger partial charge in [0.25, 0.3) is 0 Å². The monoisotopic (exact) mass is 363 g/mol. The second-order valence-corrected chi connectivity index (χ2v) is 6.54. The first-order valence-electron chi connectivity index (χ1n) is 8.04. The van der Waals surface area contributed by atoms with Crippen molar-refractivity contribution >= 4 is 39.0 Å². The zero-order chi connectivity index (χ0) is 17.9. The normalized spacial score (nSPS) is 10.8. The Hall–Kier alpha value is -3.32. The number of ether oxygens (including phenoxy) is 1. The molecule has 0 spiro atoms. The highest BCUT2D eigenvalue weighted by Gasteiger charge is 2.21. The highest BCUT2D eigenvalue weighted by molar-refractivity contribution is 7.13. The molecule has 0 atom stereocenters. The number of hydrogen-bond acceptors (Lipinski definition) is 4. The standard InChI is InChI=1S/C19H17N5OS/c20-18(21)24(19-22-9-10-26-19)15-11-23-14-7-4-8-16(17(14)15)25-12-13-5-2-1-3-6-13/h1-11,23H,12H2,(H3,20,21). The van der Waals surface area contributed by atoms with E-state index in [-0.39, 0.29) is 5.96 Å².